The number of rotatable bonds is 3. The number of carbonyl (C=O) groups is 1. The van der Waals surface area contributed by atoms with E-state index < -0.39 is 5.97 Å². The quantitative estimate of drug-likeness (QED) is 0.745. The molecule has 0 aromatic carbocycles. The first-order chi connectivity index (χ1) is 9.13. The van der Waals surface area contributed by atoms with Gasteiger partial charge >= 0.3 is 5.97 Å². The van der Waals surface area contributed by atoms with Crippen molar-refractivity contribution in [2.75, 3.05) is 0 Å². The molecule has 4 nitrogen and oxygen atoms in total. The Morgan fingerprint density at radius 1 is 1.32 bits per heavy atom. The van der Waals surface area contributed by atoms with E-state index in [1.807, 2.05) is 16.8 Å². The fraction of sp³-hybridized carbons (Fsp3) is 0. The van der Waals surface area contributed by atoms with Crippen LogP contribution in [-0.2, 0) is 0 Å². The summed E-state index contributed by atoms with van der Waals surface area (Å²) in [6.45, 7) is 0. The van der Waals surface area contributed by atoms with Gasteiger partial charge in [0, 0.05) is 22.4 Å². The molecule has 19 heavy (non-hydrogen) atoms. The Hall–Kier alpha value is -1.44. The Labute approximate surface area is 124 Å². The van der Waals surface area contributed by atoms with Gasteiger partial charge in [-0.15, -0.1) is 22.7 Å². The van der Waals surface area contributed by atoms with E-state index in [2.05, 4.69) is 20.9 Å². The Bertz CT molecular complexity index is 744. The minimum atomic E-state index is -1.01. The molecule has 0 unspecified atom stereocenters. The predicted molar refractivity (Wildman–Crippen MR) is 77.8 cm³/mol. The second kappa shape index (κ2) is 4.92. The lowest BCUT2D eigenvalue weighted by Gasteiger charge is -1.88. The summed E-state index contributed by atoms with van der Waals surface area (Å²) in [7, 11) is 0. The minimum absolute atomic E-state index is 0.128. The van der Waals surface area contributed by atoms with Gasteiger partial charge in [-0.3, -0.25) is 0 Å². The summed E-state index contributed by atoms with van der Waals surface area (Å²) < 4.78 is 6.27. The lowest BCUT2D eigenvalue weighted by Crippen LogP contribution is -1.91. The van der Waals surface area contributed by atoms with Crippen LogP contribution < -0.4 is 0 Å². The van der Waals surface area contributed by atoms with Gasteiger partial charge < -0.3 is 9.52 Å². The van der Waals surface area contributed by atoms with Crippen molar-refractivity contribution in [3.8, 4) is 22.0 Å². The molecular formula is C12H6BrNO3S2. The molecule has 0 atom stereocenters. The van der Waals surface area contributed by atoms with E-state index in [1.165, 1.54) is 23.7 Å². The highest BCUT2D eigenvalue weighted by atomic mass is 79.9. The molecule has 96 valence electrons. The normalized spacial score (nSPS) is 10.8. The van der Waals surface area contributed by atoms with Crippen molar-refractivity contribution >= 4 is 44.6 Å². The van der Waals surface area contributed by atoms with Gasteiger partial charge in [-0.1, -0.05) is 0 Å². The number of carboxylic acids is 1. The number of hydrogen-bond acceptors (Lipinski definition) is 5. The molecule has 7 heteroatoms. The van der Waals surface area contributed by atoms with Crippen molar-refractivity contribution in [2.24, 2.45) is 0 Å². The van der Waals surface area contributed by atoms with Crippen molar-refractivity contribution < 1.29 is 14.3 Å². The van der Waals surface area contributed by atoms with Crippen LogP contribution in [0.15, 0.2) is 37.4 Å². The van der Waals surface area contributed by atoms with E-state index in [0.717, 1.165) is 14.4 Å². The van der Waals surface area contributed by atoms with Gasteiger partial charge in [-0.2, -0.15) is 0 Å². The van der Waals surface area contributed by atoms with Crippen LogP contribution in [-0.4, -0.2) is 16.1 Å². The molecule has 0 aliphatic rings. The third-order valence-corrected chi connectivity index (χ3v) is 4.81. The van der Waals surface area contributed by atoms with Crippen molar-refractivity contribution in [3.63, 3.8) is 0 Å². The number of aromatic nitrogens is 1. The summed E-state index contributed by atoms with van der Waals surface area (Å²) >= 11 is 6.50. The van der Waals surface area contributed by atoms with E-state index in [0.29, 0.717) is 11.5 Å². The minimum Gasteiger partial charge on any atom is -0.478 e. The van der Waals surface area contributed by atoms with Crippen LogP contribution in [0.3, 0.4) is 0 Å². The molecule has 1 N–H and O–H groups in total. The van der Waals surface area contributed by atoms with Crippen LogP contribution in [0.4, 0.5) is 0 Å². The molecule has 0 bridgehead atoms. The zero-order valence-electron chi connectivity index (χ0n) is 9.29. The first-order valence-corrected chi connectivity index (χ1v) is 7.71. The number of aromatic carboxylic acids is 1. The summed E-state index contributed by atoms with van der Waals surface area (Å²) in [5.41, 5.74) is 1.82. The zero-order valence-corrected chi connectivity index (χ0v) is 12.5. The number of thiazole rings is 1. The lowest BCUT2D eigenvalue weighted by atomic mass is 10.3. The van der Waals surface area contributed by atoms with Gasteiger partial charge in [0.05, 0.1) is 9.35 Å². The van der Waals surface area contributed by atoms with Gasteiger partial charge in [0.1, 0.15) is 17.0 Å². The van der Waals surface area contributed by atoms with Crippen molar-refractivity contribution in [1.82, 2.24) is 4.98 Å². The van der Waals surface area contributed by atoms with Gasteiger partial charge in [0.15, 0.2) is 5.76 Å². The molecule has 0 fully saturated rings. The second-order valence-electron chi connectivity index (χ2n) is 3.68. The molecular weight excluding hydrogens is 350 g/mol. The van der Waals surface area contributed by atoms with Crippen molar-refractivity contribution in [2.45, 2.75) is 0 Å². The molecule has 3 aromatic rings. The fourth-order valence-electron chi connectivity index (χ4n) is 1.52. The Morgan fingerprint density at radius 3 is 2.79 bits per heavy atom. The standard InChI is InChI=1S/C12H6BrNO3S2/c13-10-2-7(4-18-10)11-14-8(5-19-11)9-1-6(3-17-9)12(15)16/h1-5H,(H,15,16). The van der Waals surface area contributed by atoms with E-state index in [9.17, 15) is 4.79 Å². The highest BCUT2D eigenvalue weighted by Crippen LogP contribution is 2.33. The number of carboxylic acid groups (broad SMARTS) is 1. The van der Waals surface area contributed by atoms with E-state index in [-0.39, 0.29) is 5.56 Å². The molecule has 0 saturated heterocycles. The van der Waals surface area contributed by atoms with Crippen LogP contribution in [0.25, 0.3) is 22.0 Å². The first-order valence-electron chi connectivity index (χ1n) is 5.15. The maximum atomic E-state index is 10.8. The average Bonchev–Trinajstić information content (AvgIpc) is 3.07. The maximum absolute atomic E-state index is 10.8. The van der Waals surface area contributed by atoms with E-state index >= 15 is 0 Å². The molecule has 0 aliphatic carbocycles. The van der Waals surface area contributed by atoms with E-state index in [1.54, 1.807) is 11.3 Å². The van der Waals surface area contributed by atoms with Crippen LogP contribution in [0.5, 0.6) is 0 Å². The topological polar surface area (TPSA) is 63.3 Å². The molecule has 0 spiro atoms. The number of thiophene rings is 1. The highest BCUT2D eigenvalue weighted by Gasteiger charge is 2.13. The summed E-state index contributed by atoms with van der Waals surface area (Å²) in [5.74, 6) is -0.540. The molecule has 3 rings (SSSR count). The second-order valence-corrected chi connectivity index (χ2v) is 6.83. The summed E-state index contributed by atoms with van der Waals surface area (Å²) in [4.78, 5) is 15.2. The third kappa shape index (κ3) is 2.49. The number of halogens is 1. The highest BCUT2D eigenvalue weighted by molar-refractivity contribution is 9.11. The van der Waals surface area contributed by atoms with Gasteiger partial charge in [0.25, 0.3) is 0 Å². The Morgan fingerprint density at radius 2 is 2.16 bits per heavy atom. The average molecular weight is 356 g/mol. The summed E-state index contributed by atoms with van der Waals surface area (Å²) in [6.07, 6.45) is 1.22. The van der Waals surface area contributed by atoms with Crippen LogP contribution >= 0.6 is 38.6 Å². The van der Waals surface area contributed by atoms with Gasteiger partial charge in [-0.05, 0) is 22.0 Å². The Kier molecular flexibility index (Phi) is 3.26. The molecule has 0 amide bonds. The number of hydrogen-bond donors (Lipinski definition) is 1. The van der Waals surface area contributed by atoms with Crippen LogP contribution in [0.2, 0.25) is 0 Å². The van der Waals surface area contributed by atoms with Crippen molar-refractivity contribution in [1.29, 1.82) is 0 Å². The fourth-order valence-corrected chi connectivity index (χ4v) is 3.54. The summed E-state index contributed by atoms with van der Waals surface area (Å²) in [5, 5.41) is 13.6. The Balaban J connectivity index is 1.94. The predicted octanol–water partition coefficient (Wildman–Crippen LogP) is 4.59. The molecule has 3 heterocycles. The first kappa shape index (κ1) is 12.6. The zero-order chi connectivity index (χ0) is 13.4. The number of furan rings is 1. The largest absolute Gasteiger partial charge is 0.478 e. The molecule has 3 aromatic heterocycles. The number of nitrogens with zero attached hydrogens (tertiary/aromatic N) is 1. The van der Waals surface area contributed by atoms with Crippen molar-refractivity contribution in [3.05, 3.63) is 38.5 Å². The summed E-state index contributed by atoms with van der Waals surface area (Å²) in [6, 6.07) is 3.47. The lowest BCUT2D eigenvalue weighted by molar-refractivity contribution is 0.0696. The van der Waals surface area contributed by atoms with E-state index in [4.69, 9.17) is 9.52 Å². The molecule has 0 aliphatic heterocycles. The monoisotopic (exact) mass is 355 g/mol. The van der Waals surface area contributed by atoms with Crippen LogP contribution in [0.1, 0.15) is 10.4 Å². The SMILES string of the molecule is O=C(O)c1coc(-c2csc(-c3csc(Br)c3)n2)c1. The molecule has 0 radical (unpaired) electrons. The van der Waals surface area contributed by atoms with Gasteiger partial charge in [-0.25, -0.2) is 9.78 Å². The smallest absolute Gasteiger partial charge is 0.338 e. The van der Waals surface area contributed by atoms with Crippen LogP contribution in [0, 0.1) is 0 Å². The van der Waals surface area contributed by atoms with Gasteiger partial charge in [0.2, 0.25) is 0 Å². The maximum Gasteiger partial charge on any atom is 0.338 e. The third-order valence-electron chi connectivity index (χ3n) is 2.42. The molecule has 0 saturated carbocycles.